The van der Waals surface area contributed by atoms with E-state index in [1.807, 2.05) is 12.1 Å². The molecule has 1 unspecified atom stereocenters. The number of rotatable bonds is 4. The van der Waals surface area contributed by atoms with Crippen LogP contribution in [-0.4, -0.2) is 11.8 Å². The fraction of sp³-hybridized carbons (Fsp3) is 0.515. The molecule has 2 N–H and O–H groups in total. The molecule has 1 heterocycles. The second-order valence-electron chi connectivity index (χ2n) is 12.7. The van der Waals surface area contributed by atoms with Gasteiger partial charge in [-0.3, -0.25) is 9.59 Å². The zero-order valence-corrected chi connectivity index (χ0v) is 22.4. The first-order valence-electron chi connectivity index (χ1n) is 14.2. The van der Waals surface area contributed by atoms with E-state index in [0.29, 0.717) is 24.2 Å². The Morgan fingerprint density at radius 3 is 2.22 bits per heavy atom. The topological polar surface area (TPSA) is 58.2 Å². The molecule has 3 fully saturated rings. The number of amides is 2. The van der Waals surface area contributed by atoms with Crippen LogP contribution in [0.5, 0.6) is 0 Å². The summed E-state index contributed by atoms with van der Waals surface area (Å²) in [6.07, 6.45) is 9.22. The van der Waals surface area contributed by atoms with E-state index in [0.717, 1.165) is 49.7 Å². The van der Waals surface area contributed by atoms with Crippen LogP contribution in [0.25, 0.3) is 0 Å². The van der Waals surface area contributed by atoms with Crippen molar-refractivity contribution < 1.29 is 9.59 Å². The van der Waals surface area contributed by atoms with E-state index in [4.69, 9.17) is 0 Å². The van der Waals surface area contributed by atoms with Crippen molar-refractivity contribution in [3.63, 3.8) is 0 Å². The second kappa shape index (κ2) is 8.85. The van der Waals surface area contributed by atoms with Gasteiger partial charge in [0.15, 0.2) is 0 Å². The van der Waals surface area contributed by atoms with Crippen LogP contribution in [0.2, 0.25) is 0 Å². The van der Waals surface area contributed by atoms with Gasteiger partial charge in [-0.15, -0.1) is 0 Å². The first-order chi connectivity index (χ1) is 17.8. The monoisotopic (exact) mass is 496 g/mol. The van der Waals surface area contributed by atoms with Crippen LogP contribution < -0.4 is 10.6 Å². The molecule has 6 atom stereocenters. The largest absolute Gasteiger partial charge is 0.342 e. The molecule has 0 radical (unpaired) electrons. The van der Waals surface area contributed by atoms with E-state index in [1.54, 1.807) is 0 Å². The number of fused-ring (bicyclic) bond motifs is 5. The molecule has 4 heteroatoms. The standard InChI is InChI=1S/C33H40N2O2/c1-31-20-18-26-24(14-17-28-32(26,2)21-19-29(36)34-28)25(31)15-16-27(31)30(37)35-33(3,22-10-6-4-7-11-22)23-12-8-5-9-13-23/h4-13,17,24-27H,14-16,18-21H2,1-3H3,(H,34,36)(H,35,37)/t24-,25-,26+,27?,31-,32+/m0/s1. The zero-order chi connectivity index (χ0) is 25.8. The van der Waals surface area contributed by atoms with E-state index < -0.39 is 5.54 Å². The Hall–Kier alpha value is -2.88. The molecular weight excluding hydrogens is 456 g/mol. The zero-order valence-electron chi connectivity index (χ0n) is 22.4. The highest BCUT2D eigenvalue weighted by atomic mass is 16.2. The summed E-state index contributed by atoms with van der Waals surface area (Å²) in [6, 6.07) is 20.7. The number of piperidine rings is 1. The molecule has 0 bridgehead atoms. The molecule has 6 rings (SSSR count). The summed E-state index contributed by atoms with van der Waals surface area (Å²) in [5, 5.41) is 6.76. The number of benzene rings is 2. The van der Waals surface area contributed by atoms with E-state index in [2.05, 4.69) is 86.0 Å². The average Bonchev–Trinajstić information content (AvgIpc) is 3.27. The van der Waals surface area contributed by atoms with E-state index in [-0.39, 0.29) is 28.6 Å². The van der Waals surface area contributed by atoms with Crippen LogP contribution in [-0.2, 0) is 15.1 Å². The predicted octanol–water partition coefficient (Wildman–Crippen LogP) is 6.33. The highest BCUT2D eigenvalue weighted by Crippen LogP contribution is 2.65. The van der Waals surface area contributed by atoms with Crippen molar-refractivity contribution in [3.8, 4) is 0 Å². The van der Waals surface area contributed by atoms with Gasteiger partial charge in [0, 0.05) is 23.5 Å². The SMILES string of the molecule is CC(NC(=O)C1CC[C@H]2[C@@H]3CC=C4NC(=O)CC[C@]4(C)[C@@H]3CC[C@]12C)(c1ccccc1)c1ccccc1. The minimum atomic E-state index is -0.582. The summed E-state index contributed by atoms with van der Waals surface area (Å²) in [5.41, 5.74) is 2.88. The molecule has 2 aromatic rings. The number of nitrogens with one attached hydrogen (secondary N) is 2. The Balaban J connectivity index is 1.27. The lowest BCUT2D eigenvalue weighted by molar-refractivity contribution is -0.134. The van der Waals surface area contributed by atoms with Gasteiger partial charge in [0.25, 0.3) is 0 Å². The Bertz CT molecular complexity index is 1180. The molecular formula is C33H40N2O2. The van der Waals surface area contributed by atoms with Gasteiger partial charge in [-0.05, 0) is 79.7 Å². The van der Waals surface area contributed by atoms with E-state index in [1.165, 1.54) is 5.70 Å². The molecule has 1 aliphatic heterocycles. The van der Waals surface area contributed by atoms with Gasteiger partial charge < -0.3 is 10.6 Å². The van der Waals surface area contributed by atoms with Gasteiger partial charge in [0.05, 0.1) is 5.54 Å². The van der Waals surface area contributed by atoms with Crippen molar-refractivity contribution in [1.82, 2.24) is 10.6 Å². The van der Waals surface area contributed by atoms with E-state index >= 15 is 0 Å². The van der Waals surface area contributed by atoms with Crippen molar-refractivity contribution in [2.24, 2.45) is 34.5 Å². The lowest BCUT2D eigenvalue weighted by Gasteiger charge is -2.57. The number of carbonyl (C=O) groups is 2. The number of hydrogen-bond acceptors (Lipinski definition) is 2. The molecule has 0 aromatic heterocycles. The summed E-state index contributed by atoms with van der Waals surface area (Å²) in [4.78, 5) is 26.3. The Morgan fingerprint density at radius 2 is 1.57 bits per heavy atom. The summed E-state index contributed by atoms with van der Waals surface area (Å²) >= 11 is 0. The molecule has 0 spiro atoms. The fourth-order valence-corrected chi connectivity index (χ4v) is 8.81. The highest BCUT2D eigenvalue weighted by molar-refractivity contribution is 5.82. The number of allylic oxidation sites excluding steroid dienone is 2. The van der Waals surface area contributed by atoms with Crippen LogP contribution in [0.3, 0.4) is 0 Å². The summed E-state index contributed by atoms with van der Waals surface area (Å²) < 4.78 is 0. The van der Waals surface area contributed by atoms with Crippen LogP contribution >= 0.6 is 0 Å². The van der Waals surface area contributed by atoms with Crippen LogP contribution in [0.4, 0.5) is 0 Å². The van der Waals surface area contributed by atoms with Gasteiger partial charge in [-0.1, -0.05) is 80.6 Å². The molecule has 4 aliphatic rings. The Morgan fingerprint density at radius 1 is 0.919 bits per heavy atom. The molecule has 2 saturated carbocycles. The summed E-state index contributed by atoms with van der Waals surface area (Å²) in [7, 11) is 0. The van der Waals surface area contributed by atoms with Crippen molar-refractivity contribution >= 4 is 11.8 Å². The first kappa shape index (κ1) is 24.5. The molecule has 4 nitrogen and oxygen atoms in total. The number of hydrogen-bond donors (Lipinski definition) is 2. The highest BCUT2D eigenvalue weighted by Gasteiger charge is 2.60. The minimum absolute atomic E-state index is 0.0130. The first-order valence-corrected chi connectivity index (χ1v) is 14.2. The van der Waals surface area contributed by atoms with Crippen LogP contribution in [0.1, 0.15) is 76.8 Å². The van der Waals surface area contributed by atoms with Gasteiger partial charge in [-0.25, -0.2) is 0 Å². The molecule has 2 amide bonds. The summed E-state index contributed by atoms with van der Waals surface area (Å²) in [5.74, 6) is 2.12. The fourth-order valence-electron chi connectivity index (χ4n) is 8.81. The van der Waals surface area contributed by atoms with Gasteiger partial charge in [-0.2, -0.15) is 0 Å². The van der Waals surface area contributed by atoms with Crippen molar-refractivity contribution in [2.45, 2.75) is 71.3 Å². The van der Waals surface area contributed by atoms with Gasteiger partial charge in [0.2, 0.25) is 11.8 Å². The number of carbonyl (C=O) groups excluding carboxylic acids is 2. The quantitative estimate of drug-likeness (QED) is 0.520. The maximum Gasteiger partial charge on any atom is 0.224 e. The van der Waals surface area contributed by atoms with Gasteiger partial charge in [0.1, 0.15) is 0 Å². The molecule has 2 aromatic carbocycles. The lowest BCUT2D eigenvalue weighted by atomic mass is 9.49. The molecule has 1 saturated heterocycles. The summed E-state index contributed by atoms with van der Waals surface area (Å²) in [6.45, 7) is 6.92. The Labute approximate surface area is 221 Å². The van der Waals surface area contributed by atoms with Crippen molar-refractivity contribution in [3.05, 3.63) is 83.6 Å². The maximum absolute atomic E-state index is 14.2. The predicted molar refractivity (Wildman–Crippen MR) is 146 cm³/mol. The van der Waals surface area contributed by atoms with Crippen molar-refractivity contribution in [1.29, 1.82) is 0 Å². The van der Waals surface area contributed by atoms with Crippen molar-refractivity contribution in [2.75, 3.05) is 0 Å². The second-order valence-corrected chi connectivity index (χ2v) is 12.7. The normalized spacial score (nSPS) is 34.9. The third kappa shape index (κ3) is 3.78. The van der Waals surface area contributed by atoms with Gasteiger partial charge >= 0.3 is 0 Å². The van der Waals surface area contributed by atoms with Crippen LogP contribution in [0, 0.1) is 34.5 Å². The minimum Gasteiger partial charge on any atom is -0.342 e. The lowest BCUT2D eigenvalue weighted by Crippen LogP contribution is -2.55. The molecule has 3 aliphatic carbocycles. The maximum atomic E-state index is 14.2. The smallest absolute Gasteiger partial charge is 0.224 e. The molecule has 37 heavy (non-hydrogen) atoms. The molecule has 194 valence electrons. The Kier molecular flexibility index (Phi) is 5.85. The average molecular weight is 497 g/mol. The third-order valence-electron chi connectivity index (χ3n) is 11.0. The van der Waals surface area contributed by atoms with Crippen LogP contribution in [0.15, 0.2) is 72.4 Å². The third-order valence-corrected chi connectivity index (χ3v) is 11.0. The van der Waals surface area contributed by atoms with E-state index in [9.17, 15) is 9.59 Å².